The number of aliphatic hydroxyl groups is 1. The van der Waals surface area contributed by atoms with E-state index in [1.54, 1.807) is 6.92 Å². The molecule has 1 heterocycles. The molecule has 0 aromatic heterocycles. The summed E-state index contributed by atoms with van der Waals surface area (Å²) >= 11 is 0. The van der Waals surface area contributed by atoms with Gasteiger partial charge in [0, 0.05) is 6.42 Å². The van der Waals surface area contributed by atoms with E-state index < -0.39 is 29.4 Å². The van der Waals surface area contributed by atoms with E-state index in [-0.39, 0.29) is 34.8 Å². The Bertz CT molecular complexity index is 751. The number of phenols is 1. The number of carbonyl (C=O) groups excluding carboxylic acids is 2. The molecule has 3 atom stereocenters. The van der Waals surface area contributed by atoms with Crippen LogP contribution in [0.2, 0.25) is 0 Å². The number of methoxy groups -OCH3 is 2. The Kier molecular flexibility index (Phi) is 3.76. The number of allylic oxidation sites excluding steroid dienone is 1. The van der Waals surface area contributed by atoms with Crippen LogP contribution in [0.3, 0.4) is 0 Å². The zero-order chi connectivity index (χ0) is 17.6. The Labute approximate surface area is 138 Å². The Morgan fingerprint density at radius 1 is 1.38 bits per heavy atom. The van der Waals surface area contributed by atoms with Crippen molar-refractivity contribution in [2.45, 2.75) is 25.0 Å². The van der Waals surface area contributed by atoms with Crippen LogP contribution in [0.1, 0.15) is 23.7 Å². The molecule has 1 aliphatic carbocycles. The van der Waals surface area contributed by atoms with Crippen molar-refractivity contribution < 1.29 is 34.0 Å². The normalized spacial score (nSPS) is 28.6. The number of hydrogen-bond acceptors (Lipinski definition) is 7. The number of aromatic hydroxyl groups is 1. The van der Waals surface area contributed by atoms with Gasteiger partial charge in [-0.2, -0.15) is 0 Å². The molecule has 0 amide bonds. The van der Waals surface area contributed by atoms with Crippen molar-refractivity contribution in [1.29, 1.82) is 0 Å². The molecule has 1 aromatic rings. The van der Waals surface area contributed by atoms with Crippen LogP contribution in [0.4, 0.5) is 0 Å². The van der Waals surface area contributed by atoms with E-state index in [9.17, 15) is 19.8 Å². The maximum atomic E-state index is 13.0. The van der Waals surface area contributed by atoms with Gasteiger partial charge in [0.15, 0.2) is 0 Å². The summed E-state index contributed by atoms with van der Waals surface area (Å²) in [7, 11) is 2.53. The van der Waals surface area contributed by atoms with Gasteiger partial charge in [-0.05, 0) is 18.1 Å². The van der Waals surface area contributed by atoms with Crippen molar-refractivity contribution in [2.24, 2.45) is 5.92 Å². The molecule has 7 heteroatoms. The van der Waals surface area contributed by atoms with E-state index in [0.29, 0.717) is 0 Å². The first-order valence-corrected chi connectivity index (χ1v) is 7.48. The standard InChI is InChI=1S/C17H18O7/c1-8-7-11(22-2)13-14(19)12-9(18)5-4-6-10(12)24-17(13,15(8)20)16(21)23-3/h4-6,8,15,18,20H,7H2,1-3H3/t8-,15+,17+/m0/s1. The molecule has 128 valence electrons. The van der Waals surface area contributed by atoms with Crippen LogP contribution in [-0.4, -0.2) is 47.9 Å². The molecule has 2 aliphatic rings. The third kappa shape index (κ3) is 1.94. The molecule has 0 unspecified atom stereocenters. The second-order valence-electron chi connectivity index (χ2n) is 5.94. The number of phenolic OH excluding ortho intramolecular Hbond substituents is 1. The summed E-state index contributed by atoms with van der Waals surface area (Å²) in [5, 5.41) is 20.8. The summed E-state index contributed by atoms with van der Waals surface area (Å²) in [5.74, 6) is -1.95. The molecule has 0 spiro atoms. The van der Waals surface area contributed by atoms with Gasteiger partial charge in [-0.25, -0.2) is 4.79 Å². The lowest BCUT2D eigenvalue weighted by molar-refractivity contribution is -0.170. The minimum absolute atomic E-state index is 0.0118. The third-order valence-corrected chi connectivity index (χ3v) is 4.58. The maximum Gasteiger partial charge on any atom is 0.358 e. The highest BCUT2D eigenvalue weighted by Crippen LogP contribution is 2.49. The van der Waals surface area contributed by atoms with E-state index in [1.165, 1.54) is 25.3 Å². The molecule has 0 saturated carbocycles. The first kappa shape index (κ1) is 16.3. The summed E-state index contributed by atoms with van der Waals surface area (Å²) in [5.41, 5.74) is -2.21. The number of ketones is 1. The van der Waals surface area contributed by atoms with Gasteiger partial charge in [0.25, 0.3) is 5.60 Å². The summed E-state index contributed by atoms with van der Waals surface area (Å²) in [6.07, 6.45) is -1.05. The third-order valence-electron chi connectivity index (χ3n) is 4.58. The number of rotatable bonds is 2. The van der Waals surface area contributed by atoms with Crippen LogP contribution in [0.25, 0.3) is 0 Å². The number of aliphatic hydroxyl groups excluding tert-OH is 1. The molecule has 1 aliphatic heterocycles. The van der Waals surface area contributed by atoms with Gasteiger partial charge in [0.2, 0.25) is 5.78 Å². The monoisotopic (exact) mass is 334 g/mol. The lowest BCUT2D eigenvalue weighted by Crippen LogP contribution is -2.63. The Morgan fingerprint density at radius 2 is 2.08 bits per heavy atom. The molecule has 24 heavy (non-hydrogen) atoms. The van der Waals surface area contributed by atoms with E-state index in [4.69, 9.17) is 14.2 Å². The highest BCUT2D eigenvalue weighted by Gasteiger charge is 2.63. The van der Waals surface area contributed by atoms with Gasteiger partial charge in [0.05, 0.1) is 19.8 Å². The quantitative estimate of drug-likeness (QED) is 0.783. The molecule has 0 bridgehead atoms. The average molecular weight is 334 g/mol. The van der Waals surface area contributed by atoms with Gasteiger partial charge in [-0.1, -0.05) is 13.0 Å². The van der Waals surface area contributed by atoms with Crippen LogP contribution >= 0.6 is 0 Å². The predicted octanol–water partition coefficient (Wildman–Crippen LogP) is 1.18. The van der Waals surface area contributed by atoms with E-state index in [0.717, 1.165) is 7.11 Å². The molecule has 2 N–H and O–H groups in total. The smallest absolute Gasteiger partial charge is 0.358 e. The van der Waals surface area contributed by atoms with Gasteiger partial charge in [-0.15, -0.1) is 0 Å². The predicted molar refractivity (Wildman–Crippen MR) is 81.6 cm³/mol. The van der Waals surface area contributed by atoms with Crippen LogP contribution in [0.15, 0.2) is 29.5 Å². The average Bonchev–Trinajstić information content (AvgIpc) is 2.57. The summed E-state index contributed by atoms with van der Waals surface area (Å²) in [6, 6.07) is 4.28. The first-order valence-electron chi connectivity index (χ1n) is 7.48. The Balaban J connectivity index is 2.36. The fraction of sp³-hybridized carbons (Fsp3) is 0.412. The molecular weight excluding hydrogens is 316 g/mol. The summed E-state index contributed by atoms with van der Waals surface area (Å²) in [6.45, 7) is 1.72. The van der Waals surface area contributed by atoms with Crippen LogP contribution < -0.4 is 4.74 Å². The zero-order valence-corrected chi connectivity index (χ0v) is 13.5. The lowest BCUT2D eigenvalue weighted by atomic mass is 9.70. The summed E-state index contributed by atoms with van der Waals surface area (Å²) < 4.78 is 15.9. The number of esters is 1. The molecule has 0 saturated heterocycles. The number of hydrogen-bond donors (Lipinski definition) is 2. The SMILES string of the molecule is COC(=O)[C@@]12Oc3cccc(O)c3C(=O)C1=C(OC)C[C@H](C)[C@H]2O. The van der Waals surface area contributed by atoms with Crippen molar-refractivity contribution in [1.82, 2.24) is 0 Å². The number of fused-ring (bicyclic) bond motifs is 2. The maximum absolute atomic E-state index is 13.0. The van der Waals surface area contributed by atoms with Gasteiger partial charge < -0.3 is 24.4 Å². The number of ether oxygens (including phenoxy) is 3. The second-order valence-corrected chi connectivity index (χ2v) is 5.94. The zero-order valence-electron chi connectivity index (χ0n) is 13.5. The second kappa shape index (κ2) is 5.52. The van der Waals surface area contributed by atoms with Gasteiger partial charge in [-0.3, -0.25) is 4.79 Å². The summed E-state index contributed by atoms with van der Waals surface area (Å²) in [4.78, 5) is 25.6. The molecular formula is C17H18O7. The molecule has 0 fully saturated rings. The van der Waals surface area contributed by atoms with Crippen LogP contribution in [0, 0.1) is 5.92 Å². The van der Waals surface area contributed by atoms with Gasteiger partial charge in [0.1, 0.15) is 28.9 Å². The van der Waals surface area contributed by atoms with Crippen LogP contribution in [0.5, 0.6) is 11.5 Å². The topological polar surface area (TPSA) is 102 Å². The highest BCUT2D eigenvalue weighted by atomic mass is 16.6. The molecule has 3 rings (SSSR count). The van der Waals surface area contributed by atoms with Crippen molar-refractivity contribution in [3.8, 4) is 11.5 Å². The molecule has 1 aromatic carbocycles. The van der Waals surface area contributed by atoms with E-state index in [1.807, 2.05) is 0 Å². The lowest BCUT2D eigenvalue weighted by Gasteiger charge is -2.45. The largest absolute Gasteiger partial charge is 0.507 e. The Hall–Kier alpha value is -2.54. The first-order chi connectivity index (χ1) is 11.4. The van der Waals surface area contributed by atoms with Crippen molar-refractivity contribution in [3.05, 3.63) is 35.1 Å². The minimum atomic E-state index is -2.02. The number of carbonyl (C=O) groups is 2. The van der Waals surface area contributed by atoms with E-state index in [2.05, 4.69) is 0 Å². The fourth-order valence-corrected chi connectivity index (χ4v) is 3.40. The minimum Gasteiger partial charge on any atom is -0.507 e. The number of benzene rings is 1. The van der Waals surface area contributed by atoms with Gasteiger partial charge >= 0.3 is 5.97 Å². The van der Waals surface area contributed by atoms with Crippen molar-refractivity contribution >= 4 is 11.8 Å². The highest BCUT2D eigenvalue weighted by molar-refractivity contribution is 6.18. The van der Waals surface area contributed by atoms with Crippen LogP contribution in [-0.2, 0) is 14.3 Å². The van der Waals surface area contributed by atoms with Crippen molar-refractivity contribution in [3.63, 3.8) is 0 Å². The molecule has 7 nitrogen and oxygen atoms in total. The van der Waals surface area contributed by atoms with E-state index >= 15 is 0 Å². The van der Waals surface area contributed by atoms with Crippen molar-refractivity contribution in [2.75, 3.05) is 14.2 Å². The fourth-order valence-electron chi connectivity index (χ4n) is 3.40. The molecule has 0 radical (unpaired) electrons. The Morgan fingerprint density at radius 3 is 2.71 bits per heavy atom. The number of Topliss-reactive ketones (excluding diaryl/α,β-unsaturated/α-hetero) is 1.